The minimum atomic E-state index is -0.726. The van der Waals surface area contributed by atoms with Gasteiger partial charge in [-0.15, -0.1) is 0 Å². The SMILES string of the molecule is Cc1c(NC(=O)COC(=O)COc2cccc3c2OC(C)(C)C3)cccc1[N+](=O)[O-]. The summed E-state index contributed by atoms with van der Waals surface area (Å²) >= 11 is 0. The molecule has 1 N–H and O–H groups in total. The Morgan fingerprint density at radius 2 is 1.93 bits per heavy atom. The highest BCUT2D eigenvalue weighted by atomic mass is 16.6. The van der Waals surface area contributed by atoms with Crippen LogP contribution in [-0.4, -0.2) is 35.6 Å². The Hall–Kier alpha value is -3.62. The number of carbonyl (C=O) groups excluding carboxylic acids is 2. The van der Waals surface area contributed by atoms with Gasteiger partial charge in [0.05, 0.1) is 16.2 Å². The monoisotopic (exact) mass is 414 g/mol. The maximum atomic E-state index is 12.0. The van der Waals surface area contributed by atoms with Crippen molar-refractivity contribution in [3.63, 3.8) is 0 Å². The fraction of sp³-hybridized carbons (Fsp3) is 0.333. The number of hydrogen-bond acceptors (Lipinski definition) is 7. The van der Waals surface area contributed by atoms with Crippen LogP contribution in [-0.2, 0) is 20.7 Å². The van der Waals surface area contributed by atoms with Crippen LogP contribution in [0.3, 0.4) is 0 Å². The highest BCUT2D eigenvalue weighted by molar-refractivity contribution is 5.94. The average molecular weight is 414 g/mol. The number of nitrogens with zero attached hydrogens (tertiary/aromatic N) is 1. The van der Waals surface area contributed by atoms with E-state index in [1.54, 1.807) is 6.07 Å². The normalized spacial score (nSPS) is 13.7. The van der Waals surface area contributed by atoms with Crippen molar-refractivity contribution in [2.45, 2.75) is 32.8 Å². The summed E-state index contributed by atoms with van der Waals surface area (Å²) in [6.45, 7) is 4.53. The summed E-state index contributed by atoms with van der Waals surface area (Å²) in [7, 11) is 0. The molecular formula is C21H22N2O7. The molecule has 0 aromatic heterocycles. The summed E-state index contributed by atoms with van der Waals surface area (Å²) in [4.78, 5) is 34.4. The number of ether oxygens (including phenoxy) is 3. The average Bonchev–Trinajstić information content (AvgIpc) is 3.00. The van der Waals surface area contributed by atoms with Crippen LogP contribution in [0.15, 0.2) is 36.4 Å². The predicted molar refractivity (Wildman–Crippen MR) is 108 cm³/mol. The Morgan fingerprint density at radius 1 is 1.20 bits per heavy atom. The second-order valence-corrected chi connectivity index (χ2v) is 7.49. The van der Waals surface area contributed by atoms with Gasteiger partial charge in [0.1, 0.15) is 5.60 Å². The molecule has 0 radical (unpaired) electrons. The van der Waals surface area contributed by atoms with Gasteiger partial charge in [-0.2, -0.15) is 0 Å². The smallest absolute Gasteiger partial charge is 0.344 e. The highest BCUT2D eigenvalue weighted by Gasteiger charge is 2.32. The minimum Gasteiger partial charge on any atom is -0.483 e. The second kappa shape index (κ2) is 8.40. The molecule has 2 aromatic carbocycles. The number of hydrogen-bond donors (Lipinski definition) is 1. The van der Waals surface area contributed by atoms with Crippen molar-refractivity contribution in [2.24, 2.45) is 0 Å². The molecule has 1 heterocycles. The zero-order valence-corrected chi connectivity index (χ0v) is 16.9. The van der Waals surface area contributed by atoms with Gasteiger partial charge in [-0.3, -0.25) is 14.9 Å². The summed E-state index contributed by atoms with van der Waals surface area (Å²) in [5.74, 6) is -0.297. The van der Waals surface area contributed by atoms with E-state index in [9.17, 15) is 19.7 Å². The van der Waals surface area contributed by atoms with E-state index in [4.69, 9.17) is 14.2 Å². The molecule has 2 aromatic rings. The summed E-state index contributed by atoms with van der Waals surface area (Å²) in [6.07, 6.45) is 0.737. The number of anilines is 1. The van der Waals surface area contributed by atoms with Crippen LogP contribution in [0.25, 0.3) is 0 Å². The fourth-order valence-electron chi connectivity index (χ4n) is 3.17. The summed E-state index contributed by atoms with van der Waals surface area (Å²) in [6, 6.07) is 9.79. The molecule has 1 amide bonds. The quantitative estimate of drug-likeness (QED) is 0.420. The first kappa shape index (κ1) is 21.1. The molecular weight excluding hydrogens is 392 g/mol. The number of fused-ring (bicyclic) bond motifs is 1. The number of nitrogens with one attached hydrogen (secondary N) is 1. The van der Waals surface area contributed by atoms with E-state index >= 15 is 0 Å². The standard InChI is InChI=1S/C21H22N2O7/c1-13-15(7-5-8-16(13)23(26)27)22-18(24)11-29-19(25)12-28-17-9-4-6-14-10-21(2,3)30-20(14)17/h4-9H,10-12H2,1-3H3,(H,22,24). The molecule has 0 unspecified atom stereocenters. The lowest BCUT2D eigenvalue weighted by Gasteiger charge is -2.18. The van der Waals surface area contributed by atoms with Gasteiger partial charge in [-0.25, -0.2) is 4.79 Å². The number of para-hydroxylation sites is 1. The van der Waals surface area contributed by atoms with Crippen LogP contribution in [0, 0.1) is 17.0 Å². The Bertz CT molecular complexity index is 1000. The van der Waals surface area contributed by atoms with Crippen molar-refractivity contribution in [1.82, 2.24) is 0 Å². The van der Waals surface area contributed by atoms with Crippen LogP contribution >= 0.6 is 0 Å². The van der Waals surface area contributed by atoms with Crippen LogP contribution in [0.5, 0.6) is 11.5 Å². The fourth-order valence-corrected chi connectivity index (χ4v) is 3.17. The van der Waals surface area contributed by atoms with Crippen molar-refractivity contribution < 1.29 is 28.7 Å². The van der Waals surface area contributed by atoms with E-state index in [2.05, 4.69) is 5.32 Å². The molecule has 0 saturated heterocycles. The molecule has 0 atom stereocenters. The number of rotatable bonds is 7. The van der Waals surface area contributed by atoms with Crippen LogP contribution in [0.4, 0.5) is 11.4 Å². The molecule has 30 heavy (non-hydrogen) atoms. The first-order valence-electron chi connectivity index (χ1n) is 9.29. The number of amides is 1. The molecule has 0 aliphatic carbocycles. The molecule has 158 valence electrons. The van der Waals surface area contributed by atoms with Crippen LogP contribution < -0.4 is 14.8 Å². The van der Waals surface area contributed by atoms with E-state index in [-0.39, 0.29) is 23.6 Å². The number of nitro groups is 1. The number of carbonyl (C=O) groups is 2. The molecule has 0 spiro atoms. The van der Waals surface area contributed by atoms with Gasteiger partial charge in [0.2, 0.25) is 0 Å². The Labute approximate surface area is 173 Å². The van der Waals surface area contributed by atoms with Crippen LogP contribution in [0.1, 0.15) is 25.0 Å². The van der Waals surface area contributed by atoms with Crippen molar-refractivity contribution in [2.75, 3.05) is 18.5 Å². The van der Waals surface area contributed by atoms with Gasteiger partial charge in [0.25, 0.3) is 11.6 Å². The van der Waals surface area contributed by atoms with E-state index < -0.39 is 23.4 Å². The van der Waals surface area contributed by atoms with Crippen molar-refractivity contribution in [1.29, 1.82) is 0 Å². The molecule has 1 aliphatic rings. The molecule has 1 aliphatic heterocycles. The lowest BCUT2D eigenvalue weighted by molar-refractivity contribution is -0.385. The van der Waals surface area contributed by atoms with Gasteiger partial charge in [-0.05, 0) is 32.9 Å². The van der Waals surface area contributed by atoms with Gasteiger partial charge in [0.15, 0.2) is 24.7 Å². The third-order valence-electron chi connectivity index (χ3n) is 4.54. The Kier molecular flexibility index (Phi) is 5.91. The molecule has 0 bridgehead atoms. The summed E-state index contributed by atoms with van der Waals surface area (Å²) in [5, 5.41) is 13.5. The van der Waals surface area contributed by atoms with Crippen molar-refractivity contribution in [3.05, 3.63) is 57.6 Å². The van der Waals surface area contributed by atoms with Gasteiger partial charge >= 0.3 is 5.97 Å². The van der Waals surface area contributed by atoms with E-state index in [0.717, 1.165) is 12.0 Å². The molecule has 0 fully saturated rings. The van der Waals surface area contributed by atoms with Crippen molar-refractivity contribution in [3.8, 4) is 11.5 Å². The second-order valence-electron chi connectivity index (χ2n) is 7.49. The van der Waals surface area contributed by atoms with Gasteiger partial charge in [0, 0.05) is 18.1 Å². The molecule has 3 rings (SSSR count). The molecule has 9 nitrogen and oxygen atoms in total. The zero-order valence-electron chi connectivity index (χ0n) is 16.9. The minimum absolute atomic E-state index is 0.112. The first-order valence-corrected chi connectivity index (χ1v) is 9.29. The summed E-state index contributed by atoms with van der Waals surface area (Å²) < 4.78 is 16.3. The van der Waals surface area contributed by atoms with E-state index in [1.165, 1.54) is 25.1 Å². The van der Waals surface area contributed by atoms with E-state index in [1.807, 2.05) is 26.0 Å². The maximum absolute atomic E-state index is 12.0. The Morgan fingerprint density at radius 3 is 2.67 bits per heavy atom. The lowest BCUT2D eigenvalue weighted by Crippen LogP contribution is -2.25. The zero-order chi connectivity index (χ0) is 21.9. The number of nitro benzene ring substituents is 1. The van der Waals surface area contributed by atoms with E-state index in [0.29, 0.717) is 17.1 Å². The van der Waals surface area contributed by atoms with Crippen LogP contribution in [0.2, 0.25) is 0 Å². The summed E-state index contributed by atoms with van der Waals surface area (Å²) in [5.41, 5.74) is 1.13. The maximum Gasteiger partial charge on any atom is 0.344 e. The molecule has 0 saturated carbocycles. The third-order valence-corrected chi connectivity index (χ3v) is 4.54. The first-order chi connectivity index (χ1) is 14.2. The topological polar surface area (TPSA) is 117 Å². The van der Waals surface area contributed by atoms with Gasteiger partial charge < -0.3 is 19.5 Å². The highest BCUT2D eigenvalue weighted by Crippen LogP contribution is 2.41. The third kappa shape index (κ3) is 4.86. The number of benzene rings is 2. The Balaban J connectivity index is 1.51. The predicted octanol–water partition coefficient (Wildman–Crippen LogP) is 3.18. The largest absolute Gasteiger partial charge is 0.483 e. The van der Waals surface area contributed by atoms with Crippen molar-refractivity contribution >= 4 is 23.3 Å². The van der Waals surface area contributed by atoms with Gasteiger partial charge in [-0.1, -0.05) is 18.2 Å². The number of esters is 1. The lowest BCUT2D eigenvalue weighted by atomic mass is 10.0. The molecule has 9 heteroatoms.